The van der Waals surface area contributed by atoms with E-state index < -0.39 is 0 Å². The summed E-state index contributed by atoms with van der Waals surface area (Å²) < 4.78 is 0. The molecule has 0 radical (unpaired) electrons. The van der Waals surface area contributed by atoms with Crippen LogP contribution in [0.3, 0.4) is 0 Å². The van der Waals surface area contributed by atoms with E-state index in [1.807, 2.05) is 6.92 Å². The van der Waals surface area contributed by atoms with Gasteiger partial charge in [0.25, 0.3) is 0 Å². The first-order valence-corrected chi connectivity index (χ1v) is 6.78. The second-order valence-electron chi connectivity index (χ2n) is 5.36. The van der Waals surface area contributed by atoms with Crippen LogP contribution in [-0.2, 0) is 0 Å². The zero-order valence-electron chi connectivity index (χ0n) is 13.1. The Bertz CT molecular complexity index is 267. The van der Waals surface area contributed by atoms with Crippen LogP contribution in [0.2, 0.25) is 0 Å². The number of hydrogen-bond donors (Lipinski definition) is 2. The van der Waals surface area contributed by atoms with Crippen molar-refractivity contribution >= 4 is 29.9 Å². The summed E-state index contributed by atoms with van der Waals surface area (Å²) in [4.78, 5) is 6.66. The third kappa shape index (κ3) is 11.2. The quantitative estimate of drug-likeness (QED) is 0.223. The van der Waals surface area contributed by atoms with Crippen molar-refractivity contribution in [3.63, 3.8) is 0 Å². The number of rotatable bonds is 8. The maximum atomic E-state index is 5.74. The van der Waals surface area contributed by atoms with Crippen molar-refractivity contribution < 1.29 is 0 Å². The van der Waals surface area contributed by atoms with Crippen LogP contribution in [0.15, 0.2) is 17.1 Å². The highest BCUT2D eigenvalue weighted by atomic mass is 127. The molecule has 0 aromatic heterocycles. The zero-order valence-corrected chi connectivity index (χ0v) is 15.4. The normalized spacial score (nSPS) is 11.9. The van der Waals surface area contributed by atoms with Crippen LogP contribution >= 0.6 is 24.0 Å². The van der Waals surface area contributed by atoms with E-state index in [0.29, 0.717) is 24.6 Å². The molecule has 19 heavy (non-hydrogen) atoms. The molecule has 0 aliphatic heterocycles. The lowest BCUT2D eigenvalue weighted by Crippen LogP contribution is -2.40. The fourth-order valence-electron chi connectivity index (χ4n) is 1.87. The summed E-state index contributed by atoms with van der Waals surface area (Å²) in [6.07, 6.45) is 1.07. The standard InChI is InChI=1S/C14H30N4.HI/c1-11(2)10-17-14(15)16-8-7-9-18(12(3)4)13(5)6;/h12-13H,1,7-10H2,2-6H3,(H3,15,16,17);1H. The predicted molar refractivity (Wildman–Crippen MR) is 96.3 cm³/mol. The molecular weight excluding hydrogens is 351 g/mol. The third-order valence-electron chi connectivity index (χ3n) is 2.75. The molecule has 0 aromatic rings. The summed E-state index contributed by atoms with van der Waals surface area (Å²) in [5.74, 6) is 0.513. The summed E-state index contributed by atoms with van der Waals surface area (Å²) in [7, 11) is 0. The molecule has 114 valence electrons. The van der Waals surface area contributed by atoms with Gasteiger partial charge in [-0.05, 0) is 41.0 Å². The van der Waals surface area contributed by atoms with Gasteiger partial charge in [-0.1, -0.05) is 12.2 Å². The van der Waals surface area contributed by atoms with E-state index in [-0.39, 0.29) is 24.0 Å². The molecule has 0 unspecified atom stereocenters. The topological polar surface area (TPSA) is 53.6 Å². The maximum absolute atomic E-state index is 5.74. The molecule has 0 aliphatic carbocycles. The van der Waals surface area contributed by atoms with Gasteiger partial charge in [-0.25, -0.2) is 4.99 Å². The molecule has 0 saturated carbocycles. The predicted octanol–water partition coefficient (Wildman–Crippen LogP) is 2.59. The van der Waals surface area contributed by atoms with Crippen molar-refractivity contribution in [2.24, 2.45) is 10.7 Å². The smallest absolute Gasteiger partial charge is 0.188 e. The first-order chi connectivity index (χ1) is 8.34. The molecule has 0 bridgehead atoms. The van der Waals surface area contributed by atoms with Crippen molar-refractivity contribution in [2.45, 2.75) is 53.1 Å². The third-order valence-corrected chi connectivity index (χ3v) is 2.75. The first kappa shape index (κ1) is 21.0. The average Bonchev–Trinajstić information content (AvgIpc) is 2.24. The van der Waals surface area contributed by atoms with Gasteiger partial charge >= 0.3 is 0 Å². The number of nitrogens with two attached hydrogens (primary N) is 1. The molecule has 0 aromatic carbocycles. The molecule has 4 nitrogen and oxygen atoms in total. The minimum Gasteiger partial charge on any atom is -0.370 e. The summed E-state index contributed by atoms with van der Waals surface area (Å²) in [6, 6.07) is 1.17. The van der Waals surface area contributed by atoms with Crippen LogP contribution in [0, 0.1) is 0 Å². The summed E-state index contributed by atoms with van der Waals surface area (Å²) in [5.41, 5.74) is 6.76. The Labute approximate surface area is 135 Å². The van der Waals surface area contributed by atoms with Crippen LogP contribution < -0.4 is 11.1 Å². The largest absolute Gasteiger partial charge is 0.370 e. The molecule has 0 atom stereocenters. The summed E-state index contributed by atoms with van der Waals surface area (Å²) in [6.45, 7) is 17.2. The fraction of sp³-hybridized carbons (Fsp3) is 0.786. The number of aliphatic imine (C=N–C) groups is 1. The van der Waals surface area contributed by atoms with Crippen LogP contribution in [0.25, 0.3) is 0 Å². The summed E-state index contributed by atoms with van der Waals surface area (Å²) >= 11 is 0. The Hall–Kier alpha value is -0.300. The van der Waals surface area contributed by atoms with Crippen molar-refractivity contribution in [2.75, 3.05) is 19.6 Å². The van der Waals surface area contributed by atoms with E-state index in [1.165, 1.54) is 0 Å². The van der Waals surface area contributed by atoms with Crippen LogP contribution in [0.4, 0.5) is 0 Å². The zero-order chi connectivity index (χ0) is 14.1. The van der Waals surface area contributed by atoms with Gasteiger partial charge in [-0.3, -0.25) is 4.90 Å². The van der Waals surface area contributed by atoms with Gasteiger partial charge in [0.1, 0.15) is 0 Å². The molecule has 0 fully saturated rings. The molecule has 0 spiro atoms. The average molecular weight is 382 g/mol. The lowest BCUT2D eigenvalue weighted by molar-refractivity contribution is 0.173. The molecule has 3 N–H and O–H groups in total. The van der Waals surface area contributed by atoms with Gasteiger partial charge in [0, 0.05) is 25.2 Å². The van der Waals surface area contributed by atoms with Gasteiger partial charge in [-0.2, -0.15) is 0 Å². The van der Waals surface area contributed by atoms with E-state index in [0.717, 1.165) is 25.1 Å². The minimum absolute atomic E-state index is 0. The monoisotopic (exact) mass is 382 g/mol. The number of nitrogens with zero attached hydrogens (tertiary/aromatic N) is 2. The lowest BCUT2D eigenvalue weighted by atomic mass is 10.2. The highest BCUT2D eigenvalue weighted by molar-refractivity contribution is 14.0. The Morgan fingerprint density at radius 2 is 1.79 bits per heavy atom. The van der Waals surface area contributed by atoms with E-state index in [4.69, 9.17) is 5.73 Å². The van der Waals surface area contributed by atoms with Gasteiger partial charge in [0.05, 0.1) is 6.54 Å². The molecule has 0 heterocycles. The van der Waals surface area contributed by atoms with Crippen LogP contribution in [-0.4, -0.2) is 42.6 Å². The van der Waals surface area contributed by atoms with Crippen LogP contribution in [0.5, 0.6) is 0 Å². The van der Waals surface area contributed by atoms with Gasteiger partial charge < -0.3 is 11.1 Å². The maximum Gasteiger partial charge on any atom is 0.188 e. The van der Waals surface area contributed by atoms with Crippen molar-refractivity contribution in [1.29, 1.82) is 0 Å². The van der Waals surface area contributed by atoms with Crippen LogP contribution in [0.1, 0.15) is 41.0 Å². The lowest BCUT2D eigenvalue weighted by Gasteiger charge is -2.30. The number of halogens is 1. The first-order valence-electron chi connectivity index (χ1n) is 6.78. The molecule has 0 aliphatic rings. The Balaban J connectivity index is 0. The van der Waals surface area contributed by atoms with Gasteiger partial charge in [0.15, 0.2) is 5.96 Å². The number of nitrogens with one attached hydrogen (secondary N) is 1. The molecule has 5 heteroatoms. The van der Waals surface area contributed by atoms with E-state index in [9.17, 15) is 0 Å². The highest BCUT2D eigenvalue weighted by Crippen LogP contribution is 2.05. The molecule has 0 rings (SSSR count). The van der Waals surface area contributed by atoms with Gasteiger partial charge in [-0.15, -0.1) is 24.0 Å². The number of hydrogen-bond acceptors (Lipinski definition) is 2. The van der Waals surface area contributed by atoms with E-state index in [1.54, 1.807) is 0 Å². The minimum atomic E-state index is 0. The SMILES string of the molecule is C=C(C)CN=C(N)NCCCN(C(C)C)C(C)C.I. The second kappa shape index (κ2) is 11.5. The molecule has 0 saturated heterocycles. The van der Waals surface area contributed by atoms with Crippen molar-refractivity contribution in [1.82, 2.24) is 10.2 Å². The van der Waals surface area contributed by atoms with E-state index in [2.05, 4.69) is 49.5 Å². The van der Waals surface area contributed by atoms with Crippen molar-refractivity contribution in [3.8, 4) is 0 Å². The highest BCUT2D eigenvalue weighted by Gasteiger charge is 2.11. The second-order valence-corrected chi connectivity index (χ2v) is 5.36. The van der Waals surface area contributed by atoms with Gasteiger partial charge in [0.2, 0.25) is 0 Å². The van der Waals surface area contributed by atoms with Crippen molar-refractivity contribution in [3.05, 3.63) is 12.2 Å². The number of guanidine groups is 1. The Morgan fingerprint density at radius 3 is 2.21 bits per heavy atom. The van der Waals surface area contributed by atoms with E-state index >= 15 is 0 Å². The molecular formula is C14H31IN4. The Morgan fingerprint density at radius 1 is 1.26 bits per heavy atom. The fourth-order valence-corrected chi connectivity index (χ4v) is 1.87. The molecule has 0 amide bonds. The summed E-state index contributed by atoms with van der Waals surface area (Å²) in [5, 5.41) is 3.13. The Kier molecular flexibility index (Phi) is 12.7.